The van der Waals surface area contributed by atoms with Gasteiger partial charge in [-0.05, 0) is 26.8 Å². The quantitative estimate of drug-likeness (QED) is 0.563. The topological polar surface area (TPSA) is 55.8 Å². The molecule has 2 atom stereocenters. The van der Waals surface area contributed by atoms with Gasteiger partial charge in [-0.2, -0.15) is 8.42 Å². The molecule has 6 heteroatoms. The minimum Gasteiger partial charge on any atom is -0.276 e. The number of rotatable bonds is 0. The number of fused-ring (bicyclic) bond motifs is 1. The van der Waals surface area contributed by atoms with Gasteiger partial charge in [-0.1, -0.05) is 0 Å². The molecule has 0 aromatic carbocycles. The molecule has 0 saturated carbocycles. The van der Waals surface area contributed by atoms with Gasteiger partial charge < -0.3 is 0 Å². The molecule has 0 bridgehead atoms. The summed E-state index contributed by atoms with van der Waals surface area (Å²) < 4.78 is 31.9. The Morgan fingerprint density at radius 1 is 1.54 bits per heavy atom. The van der Waals surface area contributed by atoms with Crippen LogP contribution in [-0.4, -0.2) is 38.7 Å². The number of piperidine rings is 1. The highest BCUT2D eigenvalue weighted by Gasteiger charge is 2.54. The molecule has 0 N–H and O–H groups in total. The number of hydrogen-bond acceptors (Lipinski definition) is 5. The van der Waals surface area contributed by atoms with Gasteiger partial charge >= 0.3 is 10.4 Å². The Kier molecular flexibility index (Phi) is 1.92. The first-order valence-corrected chi connectivity index (χ1v) is 5.62. The van der Waals surface area contributed by atoms with Crippen LogP contribution in [0.25, 0.3) is 0 Å². The summed E-state index contributed by atoms with van der Waals surface area (Å²) in [5, 5.41) is 0. The van der Waals surface area contributed by atoms with Crippen LogP contribution < -0.4 is 0 Å². The van der Waals surface area contributed by atoms with E-state index in [-0.39, 0.29) is 6.10 Å². The van der Waals surface area contributed by atoms with Crippen LogP contribution >= 0.6 is 0 Å². The Bertz CT molecular complexity index is 314. The lowest BCUT2D eigenvalue weighted by molar-refractivity contribution is -0.101. The second kappa shape index (κ2) is 2.66. The van der Waals surface area contributed by atoms with Gasteiger partial charge in [0.25, 0.3) is 0 Å². The van der Waals surface area contributed by atoms with Crippen LogP contribution in [0.2, 0.25) is 0 Å². The molecule has 2 aliphatic heterocycles. The molecule has 5 nitrogen and oxygen atoms in total. The van der Waals surface area contributed by atoms with E-state index in [9.17, 15) is 8.42 Å². The fourth-order valence-corrected chi connectivity index (χ4v) is 3.12. The molecule has 2 fully saturated rings. The molecular formula is C7H13NO4S. The molecule has 0 amide bonds. The van der Waals surface area contributed by atoms with Crippen molar-refractivity contribution in [1.82, 2.24) is 4.90 Å². The van der Waals surface area contributed by atoms with Crippen LogP contribution in [0, 0.1) is 0 Å². The first kappa shape index (κ1) is 9.39. The van der Waals surface area contributed by atoms with Gasteiger partial charge in [0.1, 0.15) is 6.10 Å². The van der Waals surface area contributed by atoms with E-state index in [1.165, 1.54) is 0 Å². The van der Waals surface area contributed by atoms with Gasteiger partial charge in [0.15, 0.2) is 5.72 Å². The maximum Gasteiger partial charge on any atom is 0.402 e. The summed E-state index contributed by atoms with van der Waals surface area (Å²) in [6, 6.07) is 0. The van der Waals surface area contributed by atoms with Crippen molar-refractivity contribution >= 4 is 10.4 Å². The van der Waals surface area contributed by atoms with E-state index in [4.69, 9.17) is 8.37 Å². The normalized spacial score (nSPS) is 44.6. The lowest BCUT2D eigenvalue weighted by Gasteiger charge is -2.39. The van der Waals surface area contributed by atoms with E-state index in [1.54, 1.807) is 6.92 Å². The van der Waals surface area contributed by atoms with E-state index < -0.39 is 16.1 Å². The Morgan fingerprint density at radius 2 is 2.23 bits per heavy atom. The van der Waals surface area contributed by atoms with Gasteiger partial charge in [-0.25, -0.2) is 8.37 Å². The molecule has 2 saturated heterocycles. The third-order valence-corrected chi connectivity index (χ3v) is 3.83. The molecule has 2 heterocycles. The maximum atomic E-state index is 11.1. The molecule has 0 spiro atoms. The Labute approximate surface area is 77.9 Å². The van der Waals surface area contributed by atoms with Crippen molar-refractivity contribution in [3.05, 3.63) is 0 Å². The van der Waals surface area contributed by atoms with Crippen LogP contribution in [-0.2, 0) is 18.8 Å². The zero-order valence-corrected chi connectivity index (χ0v) is 8.50. The third-order valence-electron chi connectivity index (χ3n) is 2.82. The predicted octanol–water partition coefficient (Wildman–Crippen LogP) is 0.0884. The second-order valence-electron chi connectivity index (χ2n) is 3.69. The van der Waals surface area contributed by atoms with Crippen LogP contribution in [0.3, 0.4) is 0 Å². The fraction of sp³-hybridized carbons (Fsp3) is 1.00. The fourth-order valence-electron chi connectivity index (χ4n) is 1.87. The van der Waals surface area contributed by atoms with Crippen molar-refractivity contribution in [2.75, 3.05) is 13.6 Å². The first-order chi connectivity index (χ1) is 5.94. The molecular weight excluding hydrogens is 194 g/mol. The average Bonchev–Trinajstić information content (AvgIpc) is 2.22. The van der Waals surface area contributed by atoms with E-state index in [1.807, 2.05) is 11.9 Å². The molecule has 13 heavy (non-hydrogen) atoms. The standard InChI is InChI=1S/C7H13NO4S/c1-7-6(4-3-5-8(7)2)11-13(9,10)12-7/h6H,3-5H2,1-2H3. The van der Waals surface area contributed by atoms with Crippen molar-refractivity contribution in [2.45, 2.75) is 31.6 Å². The van der Waals surface area contributed by atoms with Gasteiger partial charge in [-0.15, -0.1) is 0 Å². The smallest absolute Gasteiger partial charge is 0.276 e. The second-order valence-corrected chi connectivity index (χ2v) is 4.87. The highest BCUT2D eigenvalue weighted by Crippen LogP contribution is 2.38. The van der Waals surface area contributed by atoms with Gasteiger partial charge in [0.05, 0.1) is 0 Å². The minimum atomic E-state index is -3.76. The summed E-state index contributed by atoms with van der Waals surface area (Å²) in [5.41, 5.74) is -0.795. The van der Waals surface area contributed by atoms with Crippen molar-refractivity contribution in [1.29, 1.82) is 0 Å². The zero-order valence-electron chi connectivity index (χ0n) is 7.69. The first-order valence-electron chi connectivity index (χ1n) is 4.29. The number of nitrogens with zero attached hydrogens (tertiary/aromatic N) is 1. The minimum absolute atomic E-state index is 0.351. The third kappa shape index (κ3) is 1.38. The Hall–Kier alpha value is -0.170. The SMILES string of the molecule is CN1CCCC2OS(=O)(=O)OC21C. The number of hydrogen-bond donors (Lipinski definition) is 0. The molecule has 76 valence electrons. The molecule has 0 aromatic heterocycles. The van der Waals surface area contributed by atoms with Crippen molar-refractivity contribution in [3.63, 3.8) is 0 Å². The van der Waals surface area contributed by atoms with E-state index in [0.29, 0.717) is 0 Å². The van der Waals surface area contributed by atoms with Crippen molar-refractivity contribution in [3.8, 4) is 0 Å². The highest BCUT2D eigenvalue weighted by molar-refractivity contribution is 7.82. The monoisotopic (exact) mass is 207 g/mol. The molecule has 0 aliphatic carbocycles. The van der Waals surface area contributed by atoms with Gasteiger partial charge in [-0.3, -0.25) is 4.90 Å². The van der Waals surface area contributed by atoms with Crippen molar-refractivity contribution in [2.24, 2.45) is 0 Å². The van der Waals surface area contributed by atoms with Crippen LogP contribution in [0.4, 0.5) is 0 Å². The van der Waals surface area contributed by atoms with E-state index >= 15 is 0 Å². The van der Waals surface area contributed by atoms with Crippen LogP contribution in [0.1, 0.15) is 19.8 Å². The molecule has 2 rings (SSSR count). The Morgan fingerprint density at radius 3 is 2.85 bits per heavy atom. The van der Waals surface area contributed by atoms with Crippen molar-refractivity contribution < 1.29 is 16.8 Å². The van der Waals surface area contributed by atoms with Gasteiger partial charge in [0.2, 0.25) is 0 Å². The summed E-state index contributed by atoms with van der Waals surface area (Å²) >= 11 is 0. The summed E-state index contributed by atoms with van der Waals surface area (Å²) in [7, 11) is -1.92. The number of likely N-dealkylation sites (tertiary alicyclic amines) is 1. The summed E-state index contributed by atoms with van der Waals surface area (Å²) in [4.78, 5) is 1.88. The summed E-state index contributed by atoms with van der Waals surface area (Å²) in [6.07, 6.45) is 1.33. The predicted molar refractivity (Wildman–Crippen MR) is 45.1 cm³/mol. The molecule has 2 aliphatic rings. The molecule has 2 unspecified atom stereocenters. The maximum absolute atomic E-state index is 11.1. The largest absolute Gasteiger partial charge is 0.402 e. The van der Waals surface area contributed by atoms with E-state index in [0.717, 1.165) is 19.4 Å². The summed E-state index contributed by atoms with van der Waals surface area (Å²) in [5.74, 6) is 0. The van der Waals surface area contributed by atoms with E-state index in [2.05, 4.69) is 0 Å². The molecule has 0 radical (unpaired) electrons. The number of likely N-dealkylation sites (N-methyl/N-ethyl adjacent to an activating group) is 1. The highest BCUT2D eigenvalue weighted by atomic mass is 32.3. The van der Waals surface area contributed by atoms with Crippen LogP contribution in [0.15, 0.2) is 0 Å². The van der Waals surface area contributed by atoms with Gasteiger partial charge in [0, 0.05) is 6.54 Å². The lowest BCUT2D eigenvalue weighted by Crippen LogP contribution is -2.54. The zero-order chi connectivity index (χ0) is 9.69. The average molecular weight is 207 g/mol. The molecule has 0 aromatic rings. The van der Waals surface area contributed by atoms with Crippen LogP contribution in [0.5, 0.6) is 0 Å². The summed E-state index contributed by atoms with van der Waals surface area (Å²) in [6.45, 7) is 2.59. The lowest BCUT2D eigenvalue weighted by atomic mass is 9.97. The Balaban J connectivity index is 2.33.